The van der Waals surface area contributed by atoms with Gasteiger partial charge in [-0.3, -0.25) is 4.79 Å². The van der Waals surface area contributed by atoms with Crippen LogP contribution in [0.3, 0.4) is 0 Å². The fourth-order valence-electron chi connectivity index (χ4n) is 2.35. The van der Waals surface area contributed by atoms with Gasteiger partial charge in [0.2, 0.25) is 0 Å². The molecule has 0 aromatic heterocycles. The van der Waals surface area contributed by atoms with Crippen molar-refractivity contribution in [2.75, 3.05) is 26.7 Å². The van der Waals surface area contributed by atoms with Crippen molar-refractivity contribution >= 4 is 5.97 Å². The molecule has 0 bridgehead atoms. The Morgan fingerprint density at radius 3 is 2.94 bits per heavy atom. The van der Waals surface area contributed by atoms with Crippen molar-refractivity contribution in [2.24, 2.45) is 5.92 Å². The van der Waals surface area contributed by atoms with Crippen LogP contribution in [0.2, 0.25) is 0 Å². The van der Waals surface area contributed by atoms with E-state index in [1.807, 2.05) is 6.92 Å². The average molecular weight is 228 g/mol. The number of rotatable bonds is 6. The first-order valence-electron chi connectivity index (χ1n) is 6.28. The summed E-state index contributed by atoms with van der Waals surface area (Å²) in [5.41, 5.74) is 0. The summed E-state index contributed by atoms with van der Waals surface area (Å²) >= 11 is 0. The maximum Gasteiger partial charge on any atom is 0.320 e. The van der Waals surface area contributed by atoms with Gasteiger partial charge in [-0.15, -0.1) is 0 Å². The summed E-state index contributed by atoms with van der Waals surface area (Å²) < 4.78 is 0. The van der Waals surface area contributed by atoms with E-state index in [-0.39, 0.29) is 6.04 Å². The van der Waals surface area contributed by atoms with E-state index in [0.29, 0.717) is 5.92 Å². The van der Waals surface area contributed by atoms with Crippen molar-refractivity contribution in [1.82, 2.24) is 10.2 Å². The van der Waals surface area contributed by atoms with E-state index in [4.69, 9.17) is 5.11 Å². The predicted octanol–water partition coefficient (Wildman–Crippen LogP) is 1.17. The Bertz CT molecular complexity index is 221. The molecule has 16 heavy (non-hydrogen) atoms. The van der Waals surface area contributed by atoms with Crippen LogP contribution in [0.4, 0.5) is 0 Å². The Morgan fingerprint density at radius 2 is 2.38 bits per heavy atom. The molecule has 1 heterocycles. The first-order chi connectivity index (χ1) is 7.63. The third-order valence-corrected chi connectivity index (χ3v) is 3.25. The van der Waals surface area contributed by atoms with E-state index in [1.54, 1.807) is 0 Å². The molecule has 1 rings (SSSR count). The Labute approximate surface area is 98.0 Å². The van der Waals surface area contributed by atoms with Crippen LogP contribution < -0.4 is 5.32 Å². The number of carbonyl (C=O) groups is 1. The number of likely N-dealkylation sites (tertiary alicyclic amines) is 1. The van der Waals surface area contributed by atoms with E-state index in [0.717, 1.165) is 25.9 Å². The topological polar surface area (TPSA) is 52.6 Å². The summed E-state index contributed by atoms with van der Waals surface area (Å²) in [5.74, 6) is -0.108. The van der Waals surface area contributed by atoms with Crippen molar-refractivity contribution in [2.45, 2.75) is 38.6 Å². The van der Waals surface area contributed by atoms with Crippen LogP contribution in [0.25, 0.3) is 0 Å². The average Bonchev–Trinajstić information content (AvgIpc) is 2.24. The van der Waals surface area contributed by atoms with Crippen LogP contribution in [0.15, 0.2) is 0 Å². The molecule has 94 valence electrons. The van der Waals surface area contributed by atoms with Gasteiger partial charge in [0.25, 0.3) is 0 Å². The van der Waals surface area contributed by atoms with Crippen molar-refractivity contribution in [3.8, 4) is 0 Å². The van der Waals surface area contributed by atoms with E-state index in [2.05, 4.69) is 17.3 Å². The zero-order valence-electron chi connectivity index (χ0n) is 10.4. The molecule has 1 aliphatic heterocycles. The van der Waals surface area contributed by atoms with Crippen molar-refractivity contribution in [3.05, 3.63) is 0 Å². The molecule has 1 aliphatic rings. The second-order valence-electron chi connectivity index (χ2n) is 4.86. The van der Waals surface area contributed by atoms with Crippen molar-refractivity contribution < 1.29 is 9.90 Å². The highest BCUT2D eigenvalue weighted by molar-refractivity contribution is 5.73. The first-order valence-corrected chi connectivity index (χ1v) is 6.28. The molecule has 2 N–H and O–H groups in total. The number of nitrogens with one attached hydrogen (secondary N) is 1. The molecule has 0 aromatic carbocycles. The summed E-state index contributed by atoms with van der Waals surface area (Å²) in [7, 11) is 2.13. The van der Waals surface area contributed by atoms with Crippen LogP contribution in [0, 0.1) is 5.92 Å². The SMILES string of the molecule is CCCC(NCC1CCCN(C)C1)C(=O)O. The summed E-state index contributed by atoms with van der Waals surface area (Å²) in [6.07, 6.45) is 4.08. The molecule has 0 radical (unpaired) electrons. The third-order valence-electron chi connectivity index (χ3n) is 3.25. The normalized spacial score (nSPS) is 24.2. The number of aliphatic carboxylic acids is 1. The molecule has 0 saturated carbocycles. The summed E-state index contributed by atoms with van der Waals surface area (Å²) in [6.45, 7) is 5.12. The van der Waals surface area contributed by atoms with Crippen LogP contribution in [0.5, 0.6) is 0 Å². The zero-order chi connectivity index (χ0) is 12.0. The zero-order valence-corrected chi connectivity index (χ0v) is 10.4. The van der Waals surface area contributed by atoms with Crippen molar-refractivity contribution in [1.29, 1.82) is 0 Å². The Hall–Kier alpha value is -0.610. The van der Waals surface area contributed by atoms with E-state index < -0.39 is 5.97 Å². The molecule has 2 atom stereocenters. The summed E-state index contributed by atoms with van der Waals surface area (Å²) in [5, 5.41) is 12.2. The third kappa shape index (κ3) is 4.49. The molecule has 0 spiro atoms. The molecule has 1 fully saturated rings. The number of carboxylic acids is 1. The highest BCUT2D eigenvalue weighted by Gasteiger charge is 2.20. The highest BCUT2D eigenvalue weighted by atomic mass is 16.4. The molecule has 4 heteroatoms. The van der Waals surface area contributed by atoms with E-state index >= 15 is 0 Å². The largest absolute Gasteiger partial charge is 0.480 e. The van der Waals surface area contributed by atoms with Gasteiger partial charge in [0, 0.05) is 6.54 Å². The van der Waals surface area contributed by atoms with Gasteiger partial charge >= 0.3 is 5.97 Å². The minimum absolute atomic E-state index is 0.364. The molecule has 0 aromatic rings. The minimum atomic E-state index is -0.717. The van der Waals surface area contributed by atoms with Crippen molar-refractivity contribution in [3.63, 3.8) is 0 Å². The van der Waals surface area contributed by atoms with Gasteiger partial charge in [0.05, 0.1) is 0 Å². The molecular formula is C12H24N2O2. The molecule has 0 amide bonds. The standard InChI is InChI=1S/C12H24N2O2/c1-3-5-11(12(15)16)13-8-10-6-4-7-14(2)9-10/h10-11,13H,3-9H2,1-2H3,(H,15,16). The lowest BCUT2D eigenvalue weighted by atomic mass is 9.98. The Balaban J connectivity index is 2.28. The first kappa shape index (κ1) is 13.5. The minimum Gasteiger partial charge on any atom is -0.480 e. The summed E-state index contributed by atoms with van der Waals surface area (Å²) in [6, 6.07) is -0.364. The second-order valence-corrected chi connectivity index (χ2v) is 4.86. The number of piperidine rings is 1. The fraction of sp³-hybridized carbons (Fsp3) is 0.917. The number of hydrogen-bond donors (Lipinski definition) is 2. The Morgan fingerprint density at radius 1 is 1.62 bits per heavy atom. The van der Waals surface area contributed by atoms with Gasteiger partial charge < -0.3 is 15.3 Å². The summed E-state index contributed by atoms with van der Waals surface area (Å²) in [4.78, 5) is 13.3. The van der Waals surface area contributed by atoms with Gasteiger partial charge in [0.1, 0.15) is 6.04 Å². The molecule has 0 aliphatic carbocycles. The lowest BCUT2D eigenvalue weighted by molar-refractivity contribution is -0.139. The number of nitrogens with zero attached hydrogens (tertiary/aromatic N) is 1. The van der Waals surface area contributed by atoms with Crippen LogP contribution in [-0.4, -0.2) is 48.7 Å². The van der Waals surface area contributed by atoms with Gasteiger partial charge in [-0.2, -0.15) is 0 Å². The maximum absolute atomic E-state index is 11.0. The highest BCUT2D eigenvalue weighted by Crippen LogP contribution is 2.14. The molecule has 4 nitrogen and oxygen atoms in total. The smallest absolute Gasteiger partial charge is 0.320 e. The lowest BCUT2D eigenvalue weighted by Crippen LogP contribution is -2.43. The Kier molecular flexibility index (Phi) is 5.77. The van der Waals surface area contributed by atoms with Gasteiger partial charge in [-0.05, 0) is 45.3 Å². The van der Waals surface area contributed by atoms with Crippen LogP contribution in [-0.2, 0) is 4.79 Å². The quantitative estimate of drug-likeness (QED) is 0.716. The fourth-order valence-corrected chi connectivity index (χ4v) is 2.35. The van der Waals surface area contributed by atoms with Gasteiger partial charge in [-0.25, -0.2) is 0 Å². The van der Waals surface area contributed by atoms with E-state index in [1.165, 1.54) is 19.4 Å². The number of carboxylic acid groups (broad SMARTS) is 1. The monoisotopic (exact) mass is 228 g/mol. The van der Waals surface area contributed by atoms with E-state index in [9.17, 15) is 4.79 Å². The van der Waals surface area contributed by atoms with Crippen LogP contribution >= 0.6 is 0 Å². The molecular weight excluding hydrogens is 204 g/mol. The lowest BCUT2D eigenvalue weighted by Gasteiger charge is -2.30. The predicted molar refractivity (Wildman–Crippen MR) is 64.6 cm³/mol. The van der Waals surface area contributed by atoms with Gasteiger partial charge in [-0.1, -0.05) is 13.3 Å². The molecule has 2 unspecified atom stereocenters. The van der Waals surface area contributed by atoms with Crippen LogP contribution in [0.1, 0.15) is 32.6 Å². The maximum atomic E-state index is 11.0. The number of hydrogen-bond acceptors (Lipinski definition) is 3. The van der Waals surface area contributed by atoms with Gasteiger partial charge in [0.15, 0.2) is 0 Å². The second kappa shape index (κ2) is 6.86. The molecule has 1 saturated heterocycles.